The van der Waals surface area contributed by atoms with Gasteiger partial charge in [0.2, 0.25) is 0 Å². The zero-order chi connectivity index (χ0) is 17.3. The first-order valence-electron chi connectivity index (χ1n) is 7.82. The Morgan fingerprint density at radius 2 is 1.96 bits per heavy atom. The van der Waals surface area contributed by atoms with Crippen molar-refractivity contribution in [1.82, 2.24) is 25.2 Å². The molecule has 0 amide bonds. The molecule has 0 aliphatic heterocycles. The molecule has 0 aliphatic carbocycles. The molecule has 7 heteroatoms. The third-order valence-corrected chi connectivity index (χ3v) is 4.03. The Labute approximate surface area is 139 Å². The molecule has 0 spiro atoms. The predicted octanol–water partition coefficient (Wildman–Crippen LogP) is 2.83. The molecule has 3 aromatic rings. The average Bonchev–Trinajstić information content (AvgIpc) is 3.12. The second-order valence-corrected chi connectivity index (χ2v) is 5.84. The Morgan fingerprint density at radius 3 is 2.62 bits per heavy atom. The molecule has 6 nitrogen and oxygen atoms in total. The fraction of sp³-hybridized carbons (Fsp3) is 0.353. The van der Waals surface area contributed by atoms with Crippen molar-refractivity contribution in [2.75, 3.05) is 7.05 Å². The summed E-state index contributed by atoms with van der Waals surface area (Å²) in [6.45, 7) is 5.88. The number of nitrogens with one attached hydrogen (secondary N) is 1. The van der Waals surface area contributed by atoms with E-state index in [4.69, 9.17) is 4.52 Å². The fourth-order valence-corrected chi connectivity index (χ4v) is 2.60. The monoisotopic (exact) mass is 329 g/mol. The second-order valence-electron chi connectivity index (χ2n) is 5.84. The number of hydrogen-bond donors (Lipinski definition) is 1. The minimum Gasteiger partial charge on any atom is -0.334 e. The molecule has 2 aromatic heterocycles. The summed E-state index contributed by atoms with van der Waals surface area (Å²) in [6, 6.07) is 6.46. The second kappa shape index (κ2) is 6.52. The molecule has 24 heavy (non-hydrogen) atoms. The zero-order valence-electron chi connectivity index (χ0n) is 14.2. The topological polar surface area (TPSA) is 68.8 Å². The van der Waals surface area contributed by atoms with Crippen LogP contribution in [0.25, 0.3) is 17.1 Å². The van der Waals surface area contributed by atoms with Crippen LogP contribution < -0.4 is 5.32 Å². The zero-order valence-corrected chi connectivity index (χ0v) is 14.2. The molecule has 0 saturated heterocycles. The van der Waals surface area contributed by atoms with Gasteiger partial charge in [0.1, 0.15) is 5.82 Å². The molecule has 0 radical (unpaired) electrons. The molecule has 1 unspecified atom stereocenters. The standard InChI is InChI=1S/C17H20FN5O/c1-10(19-4)9-15-20-17(24-22-15)16-11(2)21-23(12(16)3)14-7-5-13(18)6-8-14/h5-8,10,19H,9H2,1-4H3. The van der Waals surface area contributed by atoms with Crippen molar-refractivity contribution in [3.05, 3.63) is 47.3 Å². The summed E-state index contributed by atoms with van der Waals surface area (Å²) in [5.41, 5.74) is 3.26. The molecule has 3 rings (SSSR count). The Kier molecular flexibility index (Phi) is 4.44. The normalized spacial score (nSPS) is 12.5. The Hall–Kier alpha value is -2.54. The van der Waals surface area contributed by atoms with Crippen LogP contribution in [-0.2, 0) is 6.42 Å². The van der Waals surface area contributed by atoms with E-state index >= 15 is 0 Å². The molecule has 0 fully saturated rings. The van der Waals surface area contributed by atoms with Crippen LogP contribution in [0.5, 0.6) is 0 Å². The van der Waals surface area contributed by atoms with Crippen molar-refractivity contribution in [2.45, 2.75) is 33.2 Å². The van der Waals surface area contributed by atoms with Crippen molar-refractivity contribution in [2.24, 2.45) is 0 Å². The minimum atomic E-state index is -0.277. The number of aryl methyl sites for hydroxylation is 1. The molecule has 0 aliphatic rings. The van der Waals surface area contributed by atoms with E-state index in [1.807, 2.05) is 20.9 Å². The van der Waals surface area contributed by atoms with Gasteiger partial charge in [0.15, 0.2) is 5.82 Å². The van der Waals surface area contributed by atoms with Crippen molar-refractivity contribution < 1.29 is 8.91 Å². The van der Waals surface area contributed by atoms with E-state index in [1.165, 1.54) is 12.1 Å². The highest BCUT2D eigenvalue weighted by atomic mass is 19.1. The number of aromatic nitrogens is 4. The molecule has 126 valence electrons. The summed E-state index contributed by atoms with van der Waals surface area (Å²) in [5.74, 6) is 0.831. The molecule has 1 aromatic carbocycles. The largest absolute Gasteiger partial charge is 0.334 e. The van der Waals surface area contributed by atoms with E-state index in [1.54, 1.807) is 16.8 Å². The maximum Gasteiger partial charge on any atom is 0.261 e. The van der Waals surface area contributed by atoms with E-state index in [-0.39, 0.29) is 11.9 Å². The summed E-state index contributed by atoms with van der Waals surface area (Å²) < 4.78 is 20.3. The van der Waals surface area contributed by atoms with Gasteiger partial charge in [-0.2, -0.15) is 10.1 Å². The van der Waals surface area contributed by atoms with Crippen LogP contribution in [-0.4, -0.2) is 33.0 Å². The lowest BCUT2D eigenvalue weighted by Gasteiger charge is -2.05. The van der Waals surface area contributed by atoms with Crippen LogP contribution in [0.1, 0.15) is 24.1 Å². The van der Waals surface area contributed by atoms with E-state index < -0.39 is 0 Å². The van der Waals surface area contributed by atoms with Gasteiger partial charge in [0, 0.05) is 12.5 Å². The molecular weight excluding hydrogens is 309 g/mol. The van der Waals surface area contributed by atoms with Crippen LogP contribution in [0.15, 0.2) is 28.8 Å². The molecule has 0 bridgehead atoms. The number of nitrogens with zero attached hydrogens (tertiary/aromatic N) is 4. The van der Waals surface area contributed by atoms with Gasteiger partial charge in [0.05, 0.1) is 22.6 Å². The van der Waals surface area contributed by atoms with E-state index in [9.17, 15) is 4.39 Å². The number of likely N-dealkylation sites (N-methyl/N-ethyl adjacent to an activating group) is 1. The van der Waals surface area contributed by atoms with Gasteiger partial charge in [0.25, 0.3) is 5.89 Å². The SMILES string of the molecule is CNC(C)Cc1noc(-c2c(C)nn(-c3ccc(F)cc3)c2C)n1. The highest BCUT2D eigenvalue weighted by Crippen LogP contribution is 2.27. The lowest BCUT2D eigenvalue weighted by molar-refractivity contribution is 0.418. The van der Waals surface area contributed by atoms with Crippen LogP contribution in [0.2, 0.25) is 0 Å². The van der Waals surface area contributed by atoms with Gasteiger partial charge in [-0.1, -0.05) is 5.16 Å². The van der Waals surface area contributed by atoms with Gasteiger partial charge >= 0.3 is 0 Å². The van der Waals surface area contributed by atoms with E-state index in [2.05, 4.69) is 27.5 Å². The maximum atomic E-state index is 13.1. The first-order chi connectivity index (χ1) is 11.5. The smallest absolute Gasteiger partial charge is 0.261 e. The molecule has 0 saturated carbocycles. The lowest BCUT2D eigenvalue weighted by Crippen LogP contribution is -2.24. The predicted molar refractivity (Wildman–Crippen MR) is 88.5 cm³/mol. The van der Waals surface area contributed by atoms with Crippen LogP contribution in [0.3, 0.4) is 0 Å². The Morgan fingerprint density at radius 1 is 1.25 bits per heavy atom. The summed E-state index contributed by atoms with van der Waals surface area (Å²) in [4.78, 5) is 4.48. The quantitative estimate of drug-likeness (QED) is 0.779. The van der Waals surface area contributed by atoms with Crippen molar-refractivity contribution in [1.29, 1.82) is 0 Å². The van der Waals surface area contributed by atoms with Gasteiger partial charge in [-0.15, -0.1) is 0 Å². The van der Waals surface area contributed by atoms with Crippen molar-refractivity contribution in [3.63, 3.8) is 0 Å². The molecule has 2 heterocycles. The third kappa shape index (κ3) is 3.07. The maximum absolute atomic E-state index is 13.1. The Balaban J connectivity index is 1.96. The van der Waals surface area contributed by atoms with Crippen LogP contribution in [0, 0.1) is 19.7 Å². The van der Waals surface area contributed by atoms with Crippen LogP contribution in [0.4, 0.5) is 4.39 Å². The summed E-state index contributed by atoms with van der Waals surface area (Å²) in [6.07, 6.45) is 0.685. The summed E-state index contributed by atoms with van der Waals surface area (Å²) in [5, 5.41) is 11.7. The molecule has 1 atom stereocenters. The highest BCUT2D eigenvalue weighted by molar-refractivity contribution is 5.61. The van der Waals surface area contributed by atoms with Crippen LogP contribution >= 0.6 is 0 Å². The van der Waals surface area contributed by atoms with Crippen molar-refractivity contribution in [3.8, 4) is 17.1 Å². The summed E-state index contributed by atoms with van der Waals surface area (Å²) >= 11 is 0. The number of rotatable bonds is 5. The van der Waals surface area contributed by atoms with Gasteiger partial charge in [-0.3, -0.25) is 0 Å². The van der Waals surface area contributed by atoms with Crippen molar-refractivity contribution >= 4 is 0 Å². The summed E-state index contributed by atoms with van der Waals surface area (Å²) in [7, 11) is 1.90. The lowest BCUT2D eigenvalue weighted by atomic mass is 10.2. The number of halogens is 1. The first-order valence-corrected chi connectivity index (χ1v) is 7.82. The van der Waals surface area contributed by atoms with E-state index in [0.29, 0.717) is 18.1 Å². The van der Waals surface area contributed by atoms with E-state index in [0.717, 1.165) is 22.6 Å². The number of hydrogen-bond acceptors (Lipinski definition) is 5. The number of benzene rings is 1. The Bertz CT molecular complexity index is 837. The highest BCUT2D eigenvalue weighted by Gasteiger charge is 2.20. The molecule has 1 N–H and O–H groups in total. The average molecular weight is 329 g/mol. The third-order valence-electron chi connectivity index (χ3n) is 4.03. The minimum absolute atomic E-state index is 0.264. The van der Waals surface area contributed by atoms with Gasteiger partial charge in [-0.05, 0) is 52.1 Å². The molecular formula is C17H20FN5O. The van der Waals surface area contributed by atoms with Gasteiger partial charge in [-0.25, -0.2) is 9.07 Å². The van der Waals surface area contributed by atoms with Gasteiger partial charge < -0.3 is 9.84 Å². The fourth-order valence-electron chi connectivity index (χ4n) is 2.60. The first kappa shape index (κ1) is 16.3.